The third kappa shape index (κ3) is 3.80. The zero-order chi connectivity index (χ0) is 24.7. The number of rotatable bonds is 5. The molecule has 0 aliphatic heterocycles. The lowest BCUT2D eigenvalue weighted by molar-refractivity contribution is -0.383. The Labute approximate surface area is 197 Å². The van der Waals surface area contributed by atoms with Gasteiger partial charge in [0.05, 0.1) is 16.3 Å². The Balaban J connectivity index is 1.49. The molecule has 0 atom stereocenters. The minimum atomic E-state index is -0.728. The smallest absolute Gasteiger partial charge is 0.294 e. The number of carbonyl (C=O) groups excluding carboxylic acids is 4. The van der Waals surface area contributed by atoms with Gasteiger partial charge in [0.1, 0.15) is 5.69 Å². The summed E-state index contributed by atoms with van der Waals surface area (Å²) in [6, 6.07) is 17.4. The van der Waals surface area contributed by atoms with Gasteiger partial charge in [-0.05, 0) is 12.1 Å². The van der Waals surface area contributed by atoms with E-state index in [2.05, 4.69) is 10.6 Å². The molecule has 9 nitrogen and oxygen atoms in total. The van der Waals surface area contributed by atoms with Gasteiger partial charge in [-0.3, -0.25) is 29.3 Å². The van der Waals surface area contributed by atoms with Crippen LogP contribution in [-0.2, 0) is 9.59 Å². The molecule has 0 saturated carbocycles. The van der Waals surface area contributed by atoms with Crippen LogP contribution in [0.15, 0.2) is 78.9 Å². The average Bonchev–Trinajstić information content (AvgIpc) is 2.86. The lowest BCUT2D eigenvalue weighted by atomic mass is 9.92. The fourth-order valence-corrected chi connectivity index (χ4v) is 4.02. The summed E-state index contributed by atoms with van der Waals surface area (Å²) in [5, 5.41) is 17.7. The van der Waals surface area contributed by atoms with E-state index >= 15 is 0 Å². The second-order valence-electron chi connectivity index (χ2n) is 7.83. The standard InChI is InChI=1S/C26H15N3O6/c30-23-12-20(15-5-1-3-7-17(15)25(23)32)27-14-9-10-19(22(11-14)29(34)35)28-21-13-24(31)26(33)18-8-4-2-6-16(18)21/h1-13,27-28H. The predicted molar refractivity (Wildman–Crippen MR) is 128 cm³/mol. The summed E-state index contributed by atoms with van der Waals surface area (Å²) >= 11 is 0. The minimum absolute atomic E-state index is 0.105. The Morgan fingerprint density at radius 1 is 0.629 bits per heavy atom. The summed E-state index contributed by atoms with van der Waals surface area (Å²) in [4.78, 5) is 59.8. The molecule has 5 rings (SSSR count). The van der Waals surface area contributed by atoms with Crippen molar-refractivity contribution < 1.29 is 24.1 Å². The number of benzene rings is 3. The van der Waals surface area contributed by atoms with Gasteiger partial charge in [0.2, 0.25) is 23.1 Å². The molecule has 9 heteroatoms. The van der Waals surface area contributed by atoms with Gasteiger partial charge in [-0.1, -0.05) is 48.5 Å². The highest BCUT2D eigenvalue weighted by Gasteiger charge is 2.28. The molecule has 35 heavy (non-hydrogen) atoms. The number of nitrogens with zero attached hydrogens (tertiary/aromatic N) is 1. The molecule has 0 unspecified atom stereocenters. The van der Waals surface area contributed by atoms with Crippen LogP contribution in [0.5, 0.6) is 0 Å². The highest BCUT2D eigenvalue weighted by atomic mass is 16.6. The molecular weight excluding hydrogens is 450 g/mol. The molecule has 0 spiro atoms. The number of allylic oxidation sites excluding steroid dienone is 2. The summed E-state index contributed by atoms with van der Waals surface area (Å²) in [7, 11) is 0. The van der Waals surface area contributed by atoms with Crippen LogP contribution in [-0.4, -0.2) is 28.1 Å². The molecule has 0 fully saturated rings. The van der Waals surface area contributed by atoms with Gasteiger partial charge in [0.25, 0.3) is 5.69 Å². The van der Waals surface area contributed by atoms with Crippen LogP contribution in [0.2, 0.25) is 0 Å². The molecule has 0 heterocycles. The van der Waals surface area contributed by atoms with E-state index in [4.69, 9.17) is 0 Å². The summed E-state index contributed by atoms with van der Waals surface area (Å²) in [5.41, 5.74) is 2.15. The maximum atomic E-state index is 12.2. The van der Waals surface area contributed by atoms with Crippen LogP contribution in [0, 0.1) is 10.1 Å². The van der Waals surface area contributed by atoms with Gasteiger partial charge in [-0.25, -0.2) is 0 Å². The van der Waals surface area contributed by atoms with Crippen LogP contribution in [0.4, 0.5) is 17.1 Å². The first-order valence-corrected chi connectivity index (χ1v) is 10.5. The number of hydrogen-bond donors (Lipinski definition) is 2. The lowest BCUT2D eigenvalue weighted by Crippen LogP contribution is -2.21. The first-order chi connectivity index (χ1) is 16.8. The van der Waals surface area contributed by atoms with Crippen molar-refractivity contribution in [2.45, 2.75) is 0 Å². The average molecular weight is 465 g/mol. The SMILES string of the molecule is O=C1C=C(Nc2ccc(NC3=CC(=O)C(=O)c4ccccc43)c([N+](=O)[O-])c2)c2ccccc2C1=O. The molecule has 3 aromatic carbocycles. The van der Waals surface area contributed by atoms with Crippen molar-refractivity contribution in [2.24, 2.45) is 0 Å². The van der Waals surface area contributed by atoms with Crippen molar-refractivity contribution in [3.63, 3.8) is 0 Å². The van der Waals surface area contributed by atoms with Gasteiger partial charge >= 0.3 is 0 Å². The molecule has 0 bridgehead atoms. The topological polar surface area (TPSA) is 135 Å². The molecule has 3 aromatic rings. The van der Waals surface area contributed by atoms with Gasteiger partial charge < -0.3 is 10.6 Å². The van der Waals surface area contributed by atoms with Crippen molar-refractivity contribution in [1.82, 2.24) is 0 Å². The number of ketones is 4. The molecule has 2 N–H and O–H groups in total. The normalized spacial score (nSPS) is 14.5. The highest BCUT2D eigenvalue weighted by Crippen LogP contribution is 2.34. The zero-order valence-corrected chi connectivity index (χ0v) is 17.9. The first-order valence-electron chi connectivity index (χ1n) is 10.5. The third-order valence-corrected chi connectivity index (χ3v) is 5.66. The van der Waals surface area contributed by atoms with Crippen LogP contribution in [0.25, 0.3) is 11.4 Å². The first kappa shape index (κ1) is 21.7. The van der Waals surface area contributed by atoms with E-state index in [0.29, 0.717) is 22.5 Å². The zero-order valence-electron chi connectivity index (χ0n) is 17.9. The maximum absolute atomic E-state index is 12.2. The highest BCUT2D eigenvalue weighted by molar-refractivity contribution is 6.51. The molecule has 170 valence electrons. The van der Waals surface area contributed by atoms with E-state index in [1.54, 1.807) is 48.5 Å². The number of nitro groups is 1. The van der Waals surface area contributed by atoms with Crippen molar-refractivity contribution in [3.05, 3.63) is 111 Å². The summed E-state index contributed by atoms with van der Waals surface area (Å²) < 4.78 is 0. The van der Waals surface area contributed by atoms with Crippen LogP contribution >= 0.6 is 0 Å². The van der Waals surface area contributed by atoms with E-state index in [1.165, 1.54) is 18.2 Å². The number of anilines is 2. The predicted octanol–water partition coefficient (Wildman–Crippen LogP) is 4.03. The number of fused-ring (bicyclic) bond motifs is 2. The number of nitro benzene ring substituents is 1. The lowest BCUT2D eigenvalue weighted by Gasteiger charge is -2.19. The van der Waals surface area contributed by atoms with Gasteiger partial charge in [-0.15, -0.1) is 0 Å². The Bertz CT molecular complexity index is 1550. The van der Waals surface area contributed by atoms with Crippen LogP contribution in [0.1, 0.15) is 31.8 Å². The van der Waals surface area contributed by atoms with E-state index < -0.39 is 28.1 Å². The van der Waals surface area contributed by atoms with Crippen LogP contribution < -0.4 is 10.6 Å². The molecule has 0 amide bonds. The minimum Gasteiger partial charge on any atom is -0.355 e. The molecule has 2 aliphatic carbocycles. The Morgan fingerprint density at radius 2 is 1.11 bits per heavy atom. The van der Waals surface area contributed by atoms with Crippen molar-refractivity contribution >= 4 is 51.6 Å². The monoisotopic (exact) mass is 465 g/mol. The van der Waals surface area contributed by atoms with E-state index in [1.807, 2.05) is 0 Å². The van der Waals surface area contributed by atoms with Crippen molar-refractivity contribution in [3.8, 4) is 0 Å². The molecule has 0 radical (unpaired) electrons. The molecule has 0 aromatic heterocycles. The van der Waals surface area contributed by atoms with Crippen molar-refractivity contribution in [2.75, 3.05) is 10.6 Å². The maximum Gasteiger partial charge on any atom is 0.294 e. The Morgan fingerprint density at radius 3 is 1.63 bits per heavy atom. The van der Waals surface area contributed by atoms with Gasteiger partial charge in [0, 0.05) is 46.2 Å². The number of Topliss-reactive ketones (excluding diaryl/α,β-unsaturated/α-hetero) is 2. The quantitative estimate of drug-likeness (QED) is 0.328. The number of nitrogens with one attached hydrogen (secondary N) is 2. The van der Waals surface area contributed by atoms with Crippen LogP contribution in [0.3, 0.4) is 0 Å². The molecular formula is C26H15N3O6. The fraction of sp³-hybridized carbons (Fsp3) is 0. The summed E-state index contributed by atoms with van der Waals surface area (Å²) in [6.45, 7) is 0. The van der Waals surface area contributed by atoms with Gasteiger partial charge in [0.15, 0.2) is 0 Å². The number of hydrogen-bond acceptors (Lipinski definition) is 8. The number of carbonyl (C=O) groups is 4. The Kier molecular flexibility index (Phi) is 5.14. The second kappa shape index (κ2) is 8.31. The molecule has 0 saturated heterocycles. The molecule has 2 aliphatic rings. The second-order valence-corrected chi connectivity index (χ2v) is 7.83. The van der Waals surface area contributed by atoms with E-state index in [9.17, 15) is 29.3 Å². The Hall–Kier alpha value is -5.18. The third-order valence-electron chi connectivity index (χ3n) is 5.66. The largest absolute Gasteiger partial charge is 0.355 e. The van der Waals surface area contributed by atoms with E-state index in [0.717, 1.165) is 12.2 Å². The van der Waals surface area contributed by atoms with Crippen molar-refractivity contribution in [1.29, 1.82) is 0 Å². The van der Waals surface area contributed by atoms with Gasteiger partial charge in [-0.2, -0.15) is 0 Å². The van der Waals surface area contributed by atoms with E-state index in [-0.39, 0.29) is 28.2 Å². The summed E-state index contributed by atoms with van der Waals surface area (Å²) in [5.74, 6) is -2.68. The summed E-state index contributed by atoms with van der Waals surface area (Å²) in [6.07, 6.45) is 2.28. The fourth-order valence-electron chi connectivity index (χ4n) is 4.02.